The average molecular weight is 433 g/mol. The van der Waals surface area contributed by atoms with Gasteiger partial charge in [0.25, 0.3) is 0 Å². The molecule has 6 heteroatoms. The Morgan fingerprint density at radius 3 is 2.62 bits per heavy atom. The Balaban J connectivity index is 2.07. The number of hydrogen-bond acceptors (Lipinski definition) is 3. The van der Waals surface area contributed by atoms with Gasteiger partial charge < -0.3 is 10.2 Å². The number of nitrogens with zero attached hydrogens (tertiary/aromatic N) is 1. The Labute approximate surface area is 183 Å². The molecule has 0 aromatic heterocycles. The Hall–Kier alpha value is -1.98. The minimum atomic E-state index is -0.549. The molecule has 29 heavy (non-hydrogen) atoms. The summed E-state index contributed by atoms with van der Waals surface area (Å²) in [5.74, 6) is 0.897. The number of aryl methyl sites for hydroxylation is 1. The Morgan fingerprint density at radius 2 is 1.93 bits per heavy atom. The largest absolute Gasteiger partial charge is 0.354 e. The molecule has 0 unspecified atom stereocenters. The van der Waals surface area contributed by atoms with Crippen LogP contribution >= 0.6 is 23.4 Å². The first-order chi connectivity index (χ1) is 13.9. The molecule has 0 spiro atoms. The summed E-state index contributed by atoms with van der Waals surface area (Å²) >= 11 is 7.67. The van der Waals surface area contributed by atoms with E-state index >= 15 is 0 Å². The molecule has 2 rings (SSSR count). The van der Waals surface area contributed by atoms with Crippen LogP contribution in [0, 0.1) is 6.92 Å². The van der Waals surface area contributed by atoms with Crippen molar-refractivity contribution in [3.8, 4) is 0 Å². The van der Waals surface area contributed by atoms with E-state index in [9.17, 15) is 9.59 Å². The smallest absolute Gasteiger partial charge is 0.242 e. The fraction of sp³-hybridized carbons (Fsp3) is 0.391. The maximum absolute atomic E-state index is 13.0. The lowest BCUT2D eigenvalue weighted by Crippen LogP contribution is -2.48. The summed E-state index contributed by atoms with van der Waals surface area (Å²) in [5, 5.41) is 3.51. The zero-order valence-corrected chi connectivity index (χ0v) is 18.9. The van der Waals surface area contributed by atoms with Crippen molar-refractivity contribution in [1.82, 2.24) is 10.2 Å². The van der Waals surface area contributed by atoms with Crippen molar-refractivity contribution in [3.63, 3.8) is 0 Å². The van der Waals surface area contributed by atoms with Crippen LogP contribution in [0.15, 0.2) is 48.5 Å². The van der Waals surface area contributed by atoms with Crippen molar-refractivity contribution in [2.24, 2.45) is 0 Å². The third-order valence-corrected chi connectivity index (χ3v) is 5.90. The summed E-state index contributed by atoms with van der Waals surface area (Å²) in [7, 11) is 0. The zero-order chi connectivity index (χ0) is 21.2. The van der Waals surface area contributed by atoms with E-state index in [1.54, 1.807) is 29.7 Å². The lowest BCUT2D eigenvalue weighted by molar-refractivity contribution is -0.138. The summed E-state index contributed by atoms with van der Waals surface area (Å²) in [5.41, 5.74) is 3.35. The summed E-state index contributed by atoms with van der Waals surface area (Å²) in [6, 6.07) is 15.0. The molecule has 0 radical (unpaired) electrons. The third kappa shape index (κ3) is 7.41. The van der Waals surface area contributed by atoms with Gasteiger partial charge in [-0.2, -0.15) is 0 Å². The van der Waals surface area contributed by atoms with E-state index in [2.05, 4.69) is 24.4 Å². The van der Waals surface area contributed by atoms with Crippen LogP contribution in [0.1, 0.15) is 37.0 Å². The van der Waals surface area contributed by atoms with Crippen LogP contribution in [0.4, 0.5) is 0 Å². The maximum atomic E-state index is 13.0. The van der Waals surface area contributed by atoms with Crippen LogP contribution in [0.5, 0.6) is 0 Å². The second-order valence-corrected chi connectivity index (χ2v) is 8.46. The van der Waals surface area contributed by atoms with Crippen molar-refractivity contribution in [1.29, 1.82) is 0 Å². The Bertz CT molecular complexity index is 828. The van der Waals surface area contributed by atoms with Gasteiger partial charge in [0.05, 0.1) is 5.75 Å². The van der Waals surface area contributed by atoms with Crippen LogP contribution in [0.3, 0.4) is 0 Å². The van der Waals surface area contributed by atoms with Gasteiger partial charge in [-0.1, -0.05) is 54.9 Å². The Morgan fingerprint density at radius 1 is 1.17 bits per heavy atom. The molecular weight excluding hydrogens is 404 g/mol. The molecule has 2 aromatic rings. The predicted octanol–water partition coefficient (Wildman–Crippen LogP) is 4.83. The number of benzene rings is 2. The van der Waals surface area contributed by atoms with E-state index in [1.165, 1.54) is 11.1 Å². The number of amides is 2. The molecule has 2 amide bonds. The second-order valence-electron chi connectivity index (χ2n) is 7.04. The first-order valence-electron chi connectivity index (χ1n) is 9.86. The third-order valence-electron chi connectivity index (χ3n) is 4.70. The van der Waals surface area contributed by atoms with Crippen LogP contribution in [-0.2, 0) is 21.9 Å². The quantitative estimate of drug-likeness (QED) is 0.585. The number of carbonyl (C=O) groups is 2. The first kappa shape index (κ1) is 23.3. The van der Waals surface area contributed by atoms with Gasteiger partial charge in [0.15, 0.2) is 0 Å². The highest BCUT2D eigenvalue weighted by Gasteiger charge is 2.25. The SMILES string of the molecule is CCCNC(=O)[C@@H](C)N(Cc1cccc(Cl)c1)C(=O)CSCc1ccccc1C. The van der Waals surface area contributed by atoms with Crippen LogP contribution in [-0.4, -0.2) is 35.1 Å². The first-order valence-corrected chi connectivity index (χ1v) is 11.4. The van der Waals surface area contributed by atoms with Gasteiger partial charge in [-0.05, 0) is 49.1 Å². The minimum Gasteiger partial charge on any atom is -0.354 e. The highest BCUT2D eigenvalue weighted by Crippen LogP contribution is 2.19. The number of hydrogen-bond donors (Lipinski definition) is 1. The summed E-state index contributed by atoms with van der Waals surface area (Å²) in [4.78, 5) is 27.2. The number of halogens is 1. The predicted molar refractivity (Wildman–Crippen MR) is 122 cm³/mol. The standard InChI is InChI=1S/C23H29ClN2O2S/c1-4-12-25-23(28)18(3)26(14-19-9-7-11-21(24)13-19)22(27)16-29-15-20-10-6-5-8-17(20)2/h5-11,13,18H,4,12,14-16H2,1-3H3,(H,25,28)/t18-/m1/s1. The molecule has 1 atom stereocenters. The molecule has 0 saturated carbocycles. The van der Waals surface area contributed by atoms with E-state index in [-0.39, 0.29) is 11.8 Å². The molecule has 0 aliphatic rings. The number of rotatable bonds is 10. The molecule has 0 saturated heterocycles. The average Bonchev–Trinajstić information content (AvgIpc) is 2.71. The lowest BCUT2D eigenvalue weighted by Gasteiger charge is -2.29. The van der Waals surface area contributed by atoms with Crippen LogP contribution in [0.25, 0.3) is 0 Å². The van der Waals surface area contributed by atoms with Gasteiger partial charge in [-0.15, -0.1) is 11.8 Å². The van der Waals surface area contributed by atoms with Gasteiger partial charge in [0.2, 0.25) is 11.8 Å². The van der Waals surface area contributed by atoms with E-state index in [4.69, 9.17) is 11.6 Å². The van der Waals surface area contributed by atoms with Crippen molar-refractivity contribution >= 4 is 35.2 Å². The molecule has 0 aliphatic heterocycles. The molecular formula is C23H29ClN2O2S. The van der Waals surface area contributed by atoms with Gasteiger partial charge in [0, 0.05) is 23.9 Å². The number of carbonyl (C=O) groups excluding carboxylic acids is 2. The topological polar surface area (TPSA) is 49.4 Å². The highest BCUT2D eigenvalue weighted by atomic mass is 35.5. The summed E-state index contributed by atoms with van der Waals surface area (Å²) < 4.78 is 0. The number of thioether (sulfide) groups is 1. The van der Waals surface area contributed by atoms with Gasteiger partial charge in [0.1, 0.15) is 6.04 Å². The van der Waals surface area contributed by atoms with Crippen molar-refractivity contribution < 1.29 is 9.59 Å². The van der Waals surface area contributed by atoms with Crippen molar-refractivity contribution in [2.75, 3.05) is 12.3 Å². The lowest BCUT2D eigenvalue weighted by atomic mass is 10.1. The Kier molecular flexibility index (Phi) is 9.55. The molecule has 0 bridgehead atoms. The normalized spacial score (nSPS) is 11.7. The van der Waals surface area contributed by atoms with Gasteiger partial charge in [-0.3, -0.25) is 9.59 Å². The van der Waals surface area contributed by atoms with Crippen molar-refractivity contribution in [2.45, 2.75) is 45.5 Å². The van der Waals surface area contributed by atoms with E-state index in [0.29, 0.717) is 23.9 Å². The zero-order valence-electron chi connectivity index (χ0n) is 17.3. The highest BCUT2D eigenvalue weighted by molar-refractivity contribution is 7.99. The molecule has 0 heterocycles. The van der Waals surface area contributed by atoms with E-state index in [1.807, 2.05) is 37.3 Å². The van der Waals surface area contributed by atoms with E-state index in [0.717, 1.165) is 17.7 Å². The molecule has 0 fully saturated rings. The molecule has 4 nitrogen and oxygen atoms in total. The van der Waals surface area contributed by atoms with Gasteiger partial charge >= 0.3 is 0 Å². The van der Waals surface area contributed by atoms with Crippen molar-refractivity contribution in [3.05, 3.63) is 70.2 Å². The molecule has 2 aromatic carbocycles. The molecule has 0 aliphatic carbocycles. The molecule has 156 valence electrons. The molecule has 1 N–H and O–H groups in total. The fourth-order valence-corrected chi connectivity index (χ4v) is 4.11. The van der Waals surface area contributed by atoms with Crippen LogP contribution in [0.2, 0.25) is 5.02 Å². The monoisotopic (exact) mass is 432 g/mol. The number of nitrogens with one attached hydrogen (secondary N) is 1. The van der Waals surface area contributed by atoms with Gasteiger partial charge in [-0.25, -0.2) is 0 Å². The minimum absolute atomic E-state index is 0.0530. The maximum Gasteiger partial charge on any atom is 0.242 e. The van der Waals surface area contributed by atoms with E-state index < -0.39 is 6.04 Å². The summed E-state index contributed by atoms with van der Waals surface area (Å²) in [6.07, 6.45) is 0.854. The van der Waals surface area contributed by atoms with Crippen LogP contribution < -0.4 is 5.32 Å². The second kappa shape index (κ2) is 11.9. The fourth-order valence-electron chi connectivity index (χ4n) is 2.91. The summed E-state index contributed by atoms with van der Waals surface area (Å²) in [6.45, 7) is 6.81.